The predicted octanol–water partition coefficient (Wildman–Crippen LogP) is 6.17. The van der Waals surface area contributed by atoms with Crippen LogP contribution in [0.5, 0.6) is 5.75 Å². The van der Waals surface area contributed by atoms with Crippen LogP contribution in [-0.4, -0.2) is 11.0 Å². The SMILES string of the molecule is CC1(C)CC(/C=C/c2ccc(OC(=O)c3ccncc3)c(Br)c2)=CC(=C(C#N)C#N)C1. The van der Waals surface area contributed by atoms with E-state index in [1.54, 1.807) is 18.2 Å². The van der Waals surface area contributed by atoms with Crippen LogP contribution in [0.4, 0.5) is 0 Å². The van der Waals surface area contributed by atoms with Gasteiger partial charge in [-0.05, 0) is 75.2 Å². The maximum Gasteiger partial charge on any atom is 0.343 e. The van der Waals surface area contributed by atoms with Crippen LogP contribution < -0.4 is 4.74 Å². The van der Waals surface area contributed by atoms with E-state index in [4.69, 9.17) is 4.74 Å². The smallest absolute Gasteiger partial charge is 0.343 e. The van der Waals surface area contributed by atoms with Gasteiger partial charge >= 0.3 is 5.97 Å². The normalized spacial score (nSPS) is 15.0. The summed E-state index contributed by atoms with van der Waals surface area (Å²) in [6, 6.07) is 12.6. The standard InChI is InChI=1S/C25H20BrN3O2/c1-25(2)13-18(11-20(14-25)21(15-27)16-28)4-3-17-5-6-23(22(26)12-17)31-24(30)19-7-9-29-10-8-19/h3-12H,13-14H2,1-2H3/b4-3+. The quantitative estimate of drug-likeness (QED) is 0.301. The lowest BCUT2D eigenvalue weighted by Gasteiger charge is -2.30. The topological polar surface area (TPSA) is 86.8 Å². The molecule has 3 rings (SSSR count). The summed E-state index contributed by atoms with van der Waals surface area (Å²) in [4.78, 5) is 16.1. The molecule has 154 valence electrons. The van der Waals surface area contributed by atoms with Crippen LogP contribution in [0.2, 0.25) is 0 Å². The van der Waals surface area contributed by atoms with E-state index in [2.05, 4.69) is 34.8 Å². The van der Waals surface area contributed by atoms with E-state index in [1.807, 2.05) is 42.5 Å². The number of carbonyl (C=O) groups is 1. The minimum absolute atomic E-state index is 0.0334. The molecule has 1 aromatic carbocycles. The highest BCUT2D eigenvalue weighted by molar-refractivity contribution is 9.10. The van der Waals surface area contributed by atoms with E-state index >= 15 is 0 Å². The van der Waals surface area contributed by atoms with Crippen LogP contribution >= 0.6 is 15.9 Å². The Bertz CT molecular complexity index is 1160. The van der Waals surface area contributed by atoms with Gasteiger partial charge in [-0.2, -0.15) is 10.5 Å². The van der Waals surface area contributed by atoms with Gasteiger partial charge in [0.05, 0.1) is 10.0 Å². The van der Waals surface area contributed by atoms with Crippen molar-refractivity contribution in [2.24, 2.45) is 5.41 Å². The average molecular weight is 474 g/mol. The predicted molar refractivity (Wildman–Crippen MR) is 122 cm³/mol. The summed E-state index contributed by atoms with van der Waals surface area (Å²) in [5.74, 6) is -0.0269. The number of halogens is 1. The van der Waals surface area contributed by atoms with E-state index in [0.29, 0.717) is 22.2 Å². The zero-order valence-corrected chi connectivity index (χ0v) is 18.8. The average Bonchev–Trinajstić information content (AvgIpc) is 2.74. The molecule has 0 fully saturated rings. The number of rotatable bonds is 4. The van der Waals surface area contributed by atoms with Gasteiger partial charge in [0.25, 0.3) is 0 Å². The van der Waals surface area contributed by atoms with Gasteiger partial charge in [0.15, 0.2) is 0 Å². The molecule has 2 aromatic rings. The fourth-order valence-electron chi connectivity index (χ4n) is 3.45. The van der Waals surface area contributed by atoms with Gasteiger partial charge in [-0.1, -0.05) is 38.1 Å². The van der Waals surface area contributed by atoms with Crippen molar-refractivity contribution in [3.05, 3.63) is 87.2 Å². The molecule has 6 heteroatoms. The molecule has 0 radical (unpaired) electrons. The second kappa shape index (κ2) is 9.55. The van der Waals surface area contributed by atoms with Gasteiger partial charge < -0.3 is 4.74 Å². The number of aromatic nitrogens is 1. The van der Waals surface area contributed by atoms with E-state index in [0.717, 1.165) is 23.1 Å². The van der Waals surface area contributed by atoms with Crippen molar-refractivity contribution in [3.8, 4) is 17.9 Å². The molecule has 31 heavy (non-hydrogen) atoms. The van der Waals surface area contributed by atoms with Gasteiger partial charge in [-0.3, -0.25) is 4.98 Å². The molecule has 0 unspecified atom stereocenters. The fraction of sp³-hybridized carbons (Fsp3) is 0.200. The molecule has 1 aliphatic carbocycles. The maximum atomic E-state index is 12.2. The molecule has 0 atom stereocenters. The van der Waals surface area contributed by atoms with E-state index in [9.17, 15) is 15.3 Å². The van der Waals surface area contributed by atoms with Crippen molar-refractivity contribution in [2.45, 2.75) is 26.7 Å². The summed E-state index contributed by atoms with van der Waals surface area (Å²) < 4.78 is 6.12. The largest absolute Gasteiger partial charge is 0.422 e. The Morgan fingerprint density at radius 1 is 1.13 bits per heavy atom. The van der Waals surface area contributed by atoms with Crippen LogP contribution in [0.25, 0.3) is 6.08 Å². The Hall–Kier alpha value is -3.48. The van der Waals surface area contributed by atoms with E-state index < -0.39 is 5.97 Å². The molecule has 0 bridgehead atoms. The number of benzene rings is 1. The highest BCUT2D eigenvalue weighted by Crippen LogP contribution is 2.39. The second-order valence-electron chi connectivity index (χ2n) is 8.01. The number of carbonyl (C=O) groups excluding carboxylic acids is 1. The Kier molecular flexibility index (Phi) is 6.84. The van der Waals surface area contributed by atoms with Crippen LogP contribution in [0, 0.1) is 28.1 Å². The van der Waals surface area contributed by atoms with Crippen molar-refractivity contribution in [1.82, 2.24) is 4.98 Å². The molecule has 0 saturated heterocycles. The molecular formula is C25H20BrN3O2. The summed E-state index contributed by atoms with van der Waals surface area (Å²) in [5.41, 5.74) is 3.32. The van der Waals surface area contributed by atoms with Crippen LogP contribution in [0.1, 0.15) is 42.6 Å². The lowest BCUT2D eigenvalue weighted by atomic mass is 9.74. The van der Waals surface area contributed by atoms with Crippen molar-refractivity contribution < 1.29 is 9.53 Å². The van der Waals surface area contributed by atoms with Gasteiger partial charge in [0, 0.05) is 12.4 Å². The molecule has 0 spiro atoms. The highest BCUT2D eigenvalue weighted by Gasteiger charge is 2.26. The van der Waals surface area contributed by atoms with Gasteiger partial charge in [0.2, 0.25) is 0 Å². The van der Waals surface area contributed by atoms with E-state index in [1.165, 1.54) is 12.4 Å². The lowest BCUT2D eigenvalue weighted by molar-refractivity contribution is 0.0733. The summed E-state index contributed by atoms with van der Waals surface area (Å²) in [6.07, 6.45) is 10.5. The van der Waals surface area contributed by atoms with Crippen LogP contribution in [0.3, 0.4) is 0 Å². The first kappa shape index (κ1) is 22.2. The maximum absolute atomic E-state index is 12.2. The zero-order chi connectivity index (χ0) is 22.4. The van der Waals surface area contributed by atoms with Crippen LogP contribution in [-0.2, 0) is 0 Å². The first-order chi connectivity index (χ1) is 14.8. The zero-order valence-electron chi connectivity index (χ0n) is 17.2. The summed E-state index contributed by atoms with van der Waals surface area (Å²) >= 11 is 3.46. The number of pyridine rings is 1. The molecule has 1 heterocycles. The molecule has 0 N–H and O–H groups in total. The number of hydrogen-bond acceptors (Lipinski definition) is 5. The summed E-state index contributed by atoms with van der Waals surface area (Å²) in [5, 5.41) is 18.4. The van der Waals surface area contributed by atoms with Gasteiger partial charge in [-0.25, -0.2) is 4.79 Å². The number of ether oxygens (including phenoxy) is 1. The fourth-order valence-corrected chi connectivity index (χ4v) is 3.92. The first-order valence-corrected chi connectivity index (χ1v) is 10.4. The Morgan fingerprint density at radius 2 is 1.84 bits per heavy atom. The summed E-state index contributed by atoms with van der Waals surface area (Å²) in [6.45, 7) is 4.26. The number of esters is 1. The molecule has 1 aromatic heterocycles. The first-order valence-electron chi connectivity index (χ1n) is 9.65. The van der Waals surface area contributed by atoms with Crippen molar-refractivity contribution in [2.75, 3.05) is 0 Å². The van der Waals surface area contributed by atoms with Gasteiger partial charge in [0.1, 0.15) is 23.5 Å². The molecule has 0 saturated carbocycles. The Balaban J connectivity index is 1.79. The third-order valence-corrected chi connectivity index (χ3v) is 5.44. The molecule has 0 aliphatic heterocycles. The summed E-state index contributed by atoms with van der Waals surface area (Å²) in [7, 11) is 0. The Morgan fingerprint density at radius 3 is 2.48 bits per heavy atom. The Labute approximate surface area is 190 Å². The molecule has 1 aliphatic rings. The third kappa shape index (κ3) is 5.78. The number of nitrogens with zero attached hydrogens (tertiary/aromatic N) is 3. The monoisotopic (exact) mass is 473 g/mol. The van der Waals surface area contributed by atoms with Crippen molar-refractivity contribution >= 4 is 28.0 Å². The lowest BCUT2D eigenvalue weighted by Crippen LogP contribution is -2.17. The van der Waals surface area contributed by atoms with Crippen molar-refractivity contribution in [3.63, 3.8) is 0 Å². The minimum atomic E-state index is -0.453. The third-order valence-electron chi connectivity index (χ3n) is 4.82. The molecular weight excluding hydrogens is 454 g/mol. The number of hydrogen-bond donors (Lipinski definition) is 0. The number of allylic oxidation sites excluding steroid dienone is 5. The van der Waals surface area contributed by atoms with Gasteiger partial charge in [-0.15, -0.1) is 0 Å². The van der Waals surface area contributed by atoms with E-state index in [-0.39, 0.29) is 11.0 Å². The van der Waals surface area contributed by atoms with Crippen molar-refractivity contribution in [1.29, 1.82) is 10.5 Å². The highest BCUT2D eigenvalue weighted by atomic mass is 79.9. The minimum Gasteiger partial charge on any atom is -0.422 e. The second-order valence-corrected chi connectivity index (χ2v) is 8.86. The molecule has 5 nitrogen and oxygen atoms in total. The number of nitriles is 2. The van der Waals surface area contributed by atoms with Crippen LogP contribution in [0.15, 0.2) is 76.1 Å². The molecule has 0 amide bonds.